The summed E-state index contributed by atoms with van der Waals surface area (Å²) >= 11 is 0. The quantitative estimate of drug-likeness (QED) is 0.746. The molecule has 20 heavy (non-hydrogen) atoms. The maximum absolute atomic E-state index is 10.8. The first-order valence-corrected chi connectivity index (χ1v) is 6.93. The van der Waals surface area contributed by atoms with Gasteiger partial charge >= 0.3 is 0 Å². The van der Waals surface area contributed by atoms with Gasteiger partial charge in [-0.3, -0.25) is 4.79 Å². The number of pyridine rings is 1. The van der Waals surface area contributed by atoms with Crippen LogP contribution in [0.5, 0.6) is 0 Å². The number of nitrogens with zero attached hydrogens (tertiary/aromatic N) is 1. The number of anilines is 1. The van der Waals surface area contributed by atoms with Gasteiger partial charge in [0.05, 0.1) is 11.9 Å². The van der Waals surface area contributed by atoms with Crippen molar-refractivity contribution in [3.63, 3.8) is 0 Å². The van der Waals surface area contributed by atoms with E-state index in [9.17, 15) is 4.79 Å². The van der Waals surface area contributed by atoms with Crippen LogP contribution in [0.25, 0.3) is 17.1 Å². The molecule has 1 fully saturated rings. The van der Waals surface area contributed by atoms with Crippen molar-refractivity contribution in [2.75, 3.05) is 5.32 Å². The Balaban J connectivity index is 1.88. The molecular formula is C15H18N4O. The van der Waals surface area contributed by atoms with E-state index in [-0.39, 0.29) is 0 Å². The first kappa shape index (κ1) is 12.7. The molecule has 0 saturated heterocycles. The highest BCUT2D eigenvalue weighted by Crippen LogP contribution is 2.25. The molecule has 1 aliphatic carbocycles. The molecule has 4 N–H and O–H groups in total. The molecule has 0 bridgehead atoms. The predicted molar refractivity (Wildman–Crippen MR) is 80.2 cm³/mol. The second-order valence-corrected chi connectivity index (χ2v) is 5.23. The van der Waals surface area contributed by atoms with Gasteiger partial charge in [0.1, 0.15) is 5.65 Å². The van der Waals surface area contributed by atoms with Crippen LogP contribution in [0.1, 0.15) is 31.2 Å². The summed E-state index contributed by atoms with van der Waals surface area (Å²) in [7, 11) is 0. The number of aromatic nitrogens is 2. The van der Waals surface area contributed by atoms with E-state index in [0.29, 0.717) is 6.04 Å². The number of fused-ring (bicyclic) bond motifs is 1. The van der Waals surface area contributed by atoms with Crippen LogP contribution >= 0.6 is 0 Å². The summed E-state index contributed by atoms with van der Waals surface area (Å²) in [4.78, 5) is 18.3. The first-order valence-electron chi connectivity index (χ1n) is 6.93. The number of nitrogens with two attached hydrogens (primary N) is 1. The van der Waals surface area contributed by atoms with Crippen LogP contribution in [-0.2, 0) is 4.79 Å². The van der Waals surface area contributed by atoms with Crippen molar-refractivity contribution in [1.82, 2.24) is 9.97 Å². The SMILES string of the molecule is NC(=O)/C=C/c1c[nH]c2ncc(NC3CCCC3)cc12. The molecule has 1 saturated carbocycles. The molecule has 5 nitrogen and oxygen atoms in total. The Morgan fingerprint density at radius 1 is 1.45 bits per heavy atom. The Bertz CT molecular complexity index is 653. The Morgan fingerprint density at radius 2 is 2.25 bits per heavy atom. The summed E-state index contributed by atoms with van der Waals surface area (Å²) < 4.78 is 0. The molecule has 0 aromatic carbocycles. The van der Waals surface area contributed by atoms with Crippen molar-refractivity contribution >= 4 is 28.7 Å². The lowest BCUT2D eigenvalue weighted by Crippen LogP contribution is -2.14. The Kier molecular flexibility index (Phi) is 3.41. The number of amides is 1. The smallest absolute Gasteiger partial charge is 0.241 e. The minimum absolute atomic E-state index is 0.451. The summed E-state index contributed by atoms with van der Waals surface area (Å²) in [6.45, 7) is 0. The van der Waals surface area contributed by atoms with Gasteiger partial charge < -0.3 is 16.0 Å². The van der Waals surface area contributed by atoms with Gasteiger partial charge in [-0.05, 0) is 25.0 Å². The van der Waals surface area contributed by atoms with Crippen LogP contribution in [0.15, 0.2) is 24.5 Å². The van der Waals surface area contributed by atoms with Crippen LogP contribution in [0, 0.1) is 0 Å². The third-order valence-corrected chi connectivity index (χ3v) is 3.72. The van der Waals surface area contributed by atoms with Crippen molar-refractivity contribution in [2.45, 2.75) is 31.7 Å². The zero-order chi connectivity index (χ0) is 13.9. The lowest BCUT2D eigenvalue weighted by Gasteiger charge is -2.12. The average Bonchev–Trinajstić information content (AvgIpc) is 3.05. The van der Waals surface area contributed by atoms with Gasteiger partial charge in [-0.1, -0.05) is 12.8 Å². The van der Waals surface area contributed by atoms with E-state index in [1.165, 1.54) is 31.8 Å². The number of hydrogen-bond acceptors (Lipinski definition) is 3. The first-order chi connectivity index (χ1) is 9.72. The molecule has 2 aromatic rings. The molecule has 5 heteroatoms. The van der Waals surface area contributed by atoms with Crippen molar-refractivity contribution in [3.05, 3.63) is 30.1 Å². The third kappa shape index (κ3) is 2.66. The van der Waals surface area contributed by atoms with Crippen LogP contribution in [0.3, 0.4) is 0 Å². The monoisotopic (exact) mass is 270 g/mol. The number of H-pyrrole nitrogens is 1. The molecule has 0 atom stereocenters. The highest BCUT2D eigenvalue weighted by atomic mass is 16.1. The minimum atomic E-state index is -0.451. The molecule has 0 spiro atoms. The molecule has 3 rings (SSSR count). The molecular weight excluding hydrogens is 252 g/mol. The van der Waals surface area contributed by atoms with Crippen molar-refractivity contribution in [3.8, 4) is 0 Å². The second-order valence-electron chi connectivity index (χ2n) is 5.23. The normalized spacial score (nSPS) is 16.2. The topological polar surface area (TPSA) is 83.8 Å². The summed E-state index contributed by atoms with van der Waals surface area (Å²) in [6.07, 6.45) is 11.8. The highest BCUT2D eigenvalue weighted by Gasteiger charge is 2.15. The number of nitrogens with one attached hydrogen (secondary N) is 2. The molecule has 104 valence electrons. The standard InChI is InChI=1S/C15H18N4O/c16-14(20)6-5-10-8-17-15-13(10)7-12(9-18-15)19-11-3-1-2-4-11/h5-9,11,19H,1-4H2,(H2,16,20)(H,17,18)/b6-5+. The molecule has 1 amide bonds. The van der Waals surface area contributed by atoms with Gasteiger partial charge in [0.15, 0.2) is 0 Å². The van der Waals surface area contributed by atoms with Gasteiger partial charge in [-0.25, -0.2) is 4.98 Å². The fourth-order valence-electron chi connectivity index (χ4n) is 2.72. The number of carbonyl (C=O) groups is 1. The van der Waals surface area contributed by atoms with Gasteiger partial charge in [0, 0.05) is 29.3 Å². The van der Waals surface area contributed by atoms with Crippen LogP contribution < -0.4 is 11.1 Å². The summed E-state index contributed by atoms with van der Waals surface area (Å²) in [5.74, 6) is -0.451. The van der Waals surface area contributed by atoms with Crippen LogP contribution in [0.4, 0.5) is 5.69 Å². The Labute approximate surface area is 117 Å². The maximum Gasteiger partial charge on any atom is 0.241 e. The lowest BCUT2D eigenvalue weighted by atomic mass is 10.2. The zero-order valence-corrected chi connectivity index (χ0v) is 11.2. The van der Waals surface area contributed by atoms with Crippen molar-refractivity contribution < 1.29 is 4.79 Å². The zero-order valence-electron chi connectivity index (χ0n) is 11.2. The number of hydrogen-bond donors (Lipinski definition) is 3. The Morgan fingerprint density at radius 3 is 3.00 bits per heavy atom. The van der Waals surface area contributed by atoms with Crippen molar-refractivity contribution in [1.29, 1.82) is 0 Å². The third-order valence-electron chi connectivity index (χ3n) is 3.72. The van der Waals surface area contributed by atoms with Gasteiger partial charge in [0.25, 0.3) is 0 Å². The molecule has 0 radical (unpaired) electrons. The van der Waals surface area contributed by atoms with E-state index in [2.05, 4.69) is 21.4 Å². The van der Waals surface area contributed by atoms with E-state index < -0.39 is 5.91 Å². The largest absolute Gasteiger partial charge is 0.381 e. The van der Waals surface area contributed by atoms with Crippen LogP contribution in [0.2, 0.25) is 0 Å². The maximum atomic E-state index is 10.8. The van der Waals surface area contributed by atoms with Gasteiger partial charge in [0.2, 0.25) is 5.91 Å². The summed E-state index contributed by atoms with van der Waals surface area (Å²) in [6, 6.07) is 2.62. The highest BCUT2D eigenvalue weighted by molar-refractivity contribution is 5.95. The van der Waals surface area contributed by atoms with Crippen LogP contribution in [-0.4, -0.2) is 21.9 Å². The number of primary amides is 1. The minimum Gasteiger partial charge on any atom is -0.381 e. The molecule has 1 aliphatic rings. The Hall–Kier alpha value is -2.30. The average molecular weight is 270 g/mol. The predicted octanol–water partition coefficient (Wildman–Crippen LogP) is 2.42. The molecule has 2 heterocycles. The number of rotatable bonds is 4. The van der Waals surface area contributed by atoms with Crippen molar-refractivity contribution in [2.24, 2.45) is 5.73 Å². The van der Waals surface area contributed by atoms with E-state index in [1.54, 1.807) is 6.08 Å². The fraction of sp³-hybridized carbons (Fsp3) is 0.333. The molecule has 2 aromatic heterocycles. The molecule has 0 unspecified atom stereocenters. The van der Waals surface area contributed by atoms with Gasteiger partial charge in [-0.15, -0.1) is 0 Å². The lowest BCUT2D eigenvalue weighted by molar-refractivity contribution is -0.113. The second kappa shape index (κ2) is 5.36. The van der Waals surface area contributed by atoms with E-state index >= 15 is 0 Å². The number of carbonyl (C=O) groups excluding carboxylic acids is 1. The summed E-state index contributed by atoms with van der Waals surface area (Å²) in [5.41, 5.74) is 7.88. The van der Waals surface area contributed by atoms with E-state index in [1.807, 2.05) is 12.4 Å². The molecule has 0 aliphatic heterocycles. The van der Waals surface area contributed by atoms with E-state index in [4.69, 9.17) is 5.73 Å². The summed E-state index contributed by atoms with van der Waals surface area (Å²) in [5, 5.41) is 4.51. The number of aromatic amines is 1. The van der Waals surface area contributed by atoms with Gasteiger partial charge in [-0.2, -0.15) is 0 Å². The fourth-order valence-corrected chi connectivity index (χ4v) is 2.72. The van der Waals surface area contributed by atoms with E-state index in [0.717, 1.165) is 22.3 Å².